The van der Waals surface area contributed by atoms with E-state index in [1.165, 1.54) is 6.07 Å². The van der Waals surface area contributed by atoms with E-state index in [9.17, 15) is 15.0 Å². The standard InChI is InChI=1S/C27H35N5O4/c1-16(2)12-26(35)32-10-8-19(9-11-32)27(28-30-31-29-27)22-14-20(23(33)15-24(22)34)21-13-18(17(3)4)6-7-25(21)36-5/h6-7,13-17,19,33-34H,8-12H2,1-5H3. The van der Waals surface area contributed by atoms with Gasteiger partial charge in [0.15, 0.2) is 0 Å². The van der Waals surface area contributed by atoms with Gasteiger partial charge in [-0.15, -0.1) is 10.2 Å². The molecule has 0 spiro atoms. The molecule has 192 valence electrons. The van der Waals surface area contributed by atoms with Gasteiger partial charge in [0, 0.05) is 48.2 Å². The van der Waals surface area contributed by atoms with Gasteiger partial charge in [0.25, 0.3) is 0 Å². The van der Waals surface area contributed by atoms with E-state index < -0.39 is 5.66 Å². The van der Waals surface area contributed by atoms with Crippen LogP contribution in [0.1, 0.15) is 64.0 Å². The summed E-state index contributed by atoms with van der Waals surface area (Å²) in [4.78, 5) is 14.5. The van der Waals surface area contributed by atoms with Gasteiger partial charge >= 0.3 is 0 Å². The third-order valence-electron chi connectivity index (χ3n) is 7.12. The van der Waals surface area contributed by atoms with Crippen molar-refractivity contribution in [3.63, 3.8) is 0 Å². The Hall–Kier alpha value is -3.49. The summed E-state index contributed by atoms with van der Waals surface area (Å²) in [6, 6.07) is 8.90. The first-order chi connectivity index (χ1) is 17.2. The monoisotopic (exact) mass is 493 g/mol. The van der Waals surface area contributed by atoms with Crippen LogP contribution in [0.5, 0.6) is 17.2 Å². The van der Waals surface area contributed by atoms with E-state index in [1.54, 1.807) is 13.2 Å². The number of hydrogen-bond donors (Lipinski definition) is 2. The molecule has 0 saturated carbocycles. The number of likely N-dealkylation sites (tertiary alicyclic amines) is 1. The number of methoxy groups -OCH3 is 1. The number of carbonyl (C=O) groups is 1. The van der Waals surface area contributed by atoms with E-state index in [2.05, 4.69) is 34.5 Å². The minimum absolute atomic E-state index is 0.0772. The van der Waals surface area contributed by atoms with Crippen LogP contribution in [-0.4, -0.2) is 41.2 Å². The zero-order valence-electron chi connectivity index (χ0n) is 21.6. The summed E-state index contributed by atoms with van der Waals surface area (Å²) in [5, 5.41) is 38.3. The summed E-state index contributed by atoms with van der Waals surface area (Å²) in [6.45, 7) is 9.43. The Morgan fingerprint density at radius 1 is 1.03 bits per heavy atom. The van der Waals surface area contributed by atoms with Crippen molar-refractivity contribution in [2.75, 3.05) is 20.2 Å². The maximum absolute atomic E-state index is 12.6. The fourth-order valence-electron chi connectivity index (χ4n) is 5.08. The Kier molecular flexibility index (Phi) is 7.28. The fourth-order valence-corrected chi connectivity index (χ4v) is 5.08. The molecule has 0 radical (unpaired) electrons. The molecule has 2 N–H and O–H groups in total. The van der Waals surface area contributed by atoms with Crippen molar-refractivity contribution in [2.24, 2.45) is 32.5 Å². The van der Waals surface area contributed by atoms with Gasteiger partial charge in [-0.2, -0.15) is 0 Å². The number of phenolic OH excluding ortho intramolecular Hbond substituents is 2. The first-order valence-electron chi connectivity index (χ1n) is 12.5. The number of amides is 1. The van der Waals surface area contributed by atoms with E-state index >= 15 is 0 Å². The second-order valence-electron chi connectivity index (χ2n) is 10.4. The zero-order valence-corrected chi connectivity index (χ0v) is 21.6. The number of aromatic hydroxyl groups is 2. The maximum atomic E-state index is 12.6. The first kappa shape index (κ1) is 25.6. The van der Waals surface area contributed by atoms with Crippen molar-refractivity contribution >= 4 is 5.91 Å². The van der Waals surface area contributed by atoms with Crippen LogP contribution >= 0.6 is 0 Å². The Labute approximate surface area is 211 Å². The number of carbonyl (C=O) groups excluding carboxylic acids is 1. The molecule has 2 aromatic rings. The van der Waals surface area contributed by atoms with Gasteiger partial charge in [-0.05, 0) is 58.9 Å². The molecule has 1 amide bonds. The Morgan fingerprint density at radius 3 is 2.28 bits per heavy atom. The summed E-state index contributed by atoms with van der Waals surface area (Å²) < 4.78 is 5.59. The van der Waals surface area contributed by atoms with E-state index in [4.69, 9.17) is 4.74 Å². The van der Waals surface area contributed by atoms with Crippen LogP contribution in [0.4, 0.5) is 0 Å². The number of rotatable bonds is 7. The van der Waals surface area contributed by atoms with Gasteiger partial charge in [0.05, 0.1) is 7.11 Å². The minimum Gasteiger partial charge on any atom is -0.507 e. The number of piperidine rings is 1. The van der Waals surface area contributed by atoms with E-state index in [1.807, 2.05) is 36.9 Å². The Balaban J connectivity index is 1.73. The molecular weight excluding hydrogens is 458 g/mol. The summed E-state index contributed by atoms with van der Waals surface area (Å²) in [6.07, 6.45) is 1.81. The zero-order chi connectivity index (χ0) is 26.0. The van der Waals surface area contributed by atoms with Crippen molar-refractivity contribution in [2.45, 2.75) is 58.5 Å². The van der Waals surface area contributed by atoms with Crippen molar-refractivity contribution in [1.82, 2.24) is 4.90 Å². The van der Waals surface area contributed by atoms with Gasteiger partial charge in [-0.3, -0.25) is 4.79 Å². The number of hydrogen-bond acceptors (Lipinski definition) is 8. The second-order valence-corrected chi connectivity index (χ2v) is 10.4. The molecule has 1 saturated heterocycles. The number of phenols is 2. The number of benzene rings is 2. The largest absolute Gasteiger partial charge is 0.507 e. The molecule has 2 aliphatic rings. The molecule has 2 heterocycles. The smallest absolute Gasteiger partial charge is 0.226 e. The Bertz CT molecular complexity index is 1170. The lowest BCUT2D eigenvalue weighted by Crippen LogP contribution is -2.44. The van der Waals surface area contributed by atoms with Gasteiger partial charge in [-0.25, -0.2) is 0 Å². The molecule has 36 heavy (non-hydrogen) atoms. The van der Waals surface area contributed by atoms with Crippen molar-refractivity contribution in [1.29, 1.82) is 0 Å². The first-order valence-corrected chi connectivity index (χ1v) is 12.5. The molecule has 4 rings (SSSR count). The van der Waals surface area contributed by atoms with Crippen LogP contribution in [-0.2, 0) is 10.5 Å². The number of nitrogens with zero attached hydrogens (tertiary/aromatic N) is 5. The number of ether oxygens (including phenoxy) is 1. The molecule has 0 bridgehead atoms. The molecular formula is C27H35N5O4. The lowest BCUT2D eigenvalue weighted by Gasteiger charge is -2.38. The van der Waals surface area contributed by atoms with E-state index in [-0.39, 0.29) is 29.2 Å². The Morgan fingerprint density at radius 2 is 1.69 bits per heavy atom. The minimum atomic E-state index is -1.22. The average Bonchev–Trinajstić information content (AvgIpc) is 3.34. The van der Waals surface area contributed by atoms with Crippen LogP contribution in [0.2, 0.25) is 0 Å². The maximum Gasteiger partial charge on any atom is 0.226 e. The lowest BCUT2D eigenvalue weighted by atomic mass is 9.79. The van der Waals surface area contributed by atoms with Gasteiger partial charge in [0.1, 0.15) is 17.2 Å². The highest BCUT2D eigenvalue weighted by Gasteiger charge is 2.47. The van der Waals surface area contributed by atoms with Crippen LogP contribution in [0, 0.1) is 11.8 Å². The van der Waals surface area contributed by atoms with Crippen molar-refractivity contribution in [3.05, 3.63) is 41.5 Å². The predicted molar refractivity (Wildman–Crippen MR) is 136 cm³/mol. The lowest BCUT2D eigenvalue weighted by molar-refractivity contribution is -0.133. The summed E-state index contributed by atoms with van der Waals surface area (Å²) in [5.41, 5.74) is 1.50. The van der Waals surface area contributed by atoms with Crippen LogP contribution in [0.15, 0.2) is 51.0 Å². The van der Waals surface area contributed by atoms with Gasteiger partial charge < -0.3 is 19.8 Å². The molecule has 0 aromatic heterocycles. The average molecular weight is 494 g/mol. The topological polar surface area (TPSA) is 119 Å². The van der Waals surface area contributed by atoms with Crippen LogP contribution in [0.3, 0.4) is 0 Å². The highest BCUT2D eigenvalue weighted by Crippen LogP contribution is 2.50. The van der Waals surface area contributed by atoms with Crippen molar-refractivity contribution < 1.29 is 19.7 Å². The third kappa shape index (κ3) is 4.79. The van der Waals surface area contributed by atoms with Crippen molar-refractivity contribution in [3.8, 4) is 28.4 Å². The third-order valence-corrected chi connectivity index (χ3v) is 7.12. The van der Waals surface area contributed by atoms with Gasteiger partial charge in [0.2, 0.25) is 11.6 Å². The molecule has 9 nitrogen and oxygen atoms in total. The van der Waals surface area contributed by atoms with Crippen LogP contribution < -0.4 is 4.74 Å². The molecule has 0 atom stereocenters. The molecule has 9 heteroatoms. The fraction of sp³-hybridized carbons (Fsp3) is 0.519. The molecule has 2 aromatic carbocycles. The summed E-state index contributed by atoms with van der Waals surface area (Å²) in [7, 11) is 1.58. The molecule has 2 aliphatic heterocycles. The highest BCUT2D eigenvalue weighted by molar-refractivity contribution is 5.78. The van der Waals surface area contributed by atoms with E-state index in [0.717, 1.165) is 5.56 Å². The normalized spacial score (nSPS) is 17.4. The highest BCUT2D eigenvalue weighted by atomic mass is 16.5. The molecule has 1 fully saturated rings. The van der Waals surface area contributed by atoms with Crippen LogP contribution in [0.25, 0.3) is 11.1 Å². The molecule has 0 aliphatic carbocycles. The molecule has 0 unspecified atom stereocenters. The quantitative estimate of drug-likeness (QED) is 0.479. The second kappa shape index (κ2) is 10.2. The summed E-state index contributed by atoms with van der Waals surface area (Å²) in [5.74, 6) is 1.01. The SMILES string of the molecule is COc1ccc(C(C)C)cc1-c1cc(C2(C3CCN(C(=O)CC(C)C)CC3)N=NN=N2)c(O)cc1O. The van der Waals surface area contributed by atoms with Gasteiger partial charge in [-0.1, -0.05) is 33.8 Å². The summed E-state index contributed by atoms with van der Waals surface area (Å²) >= 11 is 0. The van der Waals surface area contributed by atoms with E-state index in [0.29, 0.717) is 60.7 Å². The predicted octanol–water partition coefficient (Wildman–Crippen LogP) is 6.17.